The Kier molecular flexibility index (Phi) is 7.03. The van der Waals surface area contributed by atoms with Gasteiger partial charge in [0.05, 0.1) is 27.9 Å². The van der Waals surface area contributed by atoms with E-state index in [9.17, 15) is 27.9 Å². The fraction of sp³-hybridized carbons (Fsp3) is 0.350. The van der Waals surface area contributed by atoms with E-state index in [1.54, 1.807) is 12.1 Å². The number of carbonyl (C=O) groups excluding carboxylic acids is 1. The summed E-state index contributed by atoms with van der Waals surface area (Å²) in [4.78, 5) is 25.8. The Bertz CT molecular complexity index is 1140. The molecule has 0 bridgehead atoms. The number of aliphatic hydroxyl groups excluding tert-OH is 1. The van der Waals surface area contributed by atoms with Crippen LogP contribution in [-0.2, 0) is 24.1 Å². The van der Waals surface area contributed by atoms with E-state index < -0.39 is 29.1 Å². The molecule has 3 rings (SSSR count). The molecule has 1 aromatic carbocycles. The molecule has 0 unspecified atom stereocenters. The summed E-state index contributed by atoms with van der Waals surface area (Å²) in [6.07, 6.45) is -4.71. The van der Waals surface area contributed by atoms with Crippen LogP contribution in [0.5, 0.6) is 0 Å². The van der Waals surface area contributed by atoms with Crippen molar-refractivity contribution in [1.82, 2.24) is 14.3 Å². The maximum Gasteiger partial charge on any atom is 0.416 e. The van der Waals surface area contributed by atoms with E-state index in [0.717, 1.165) is 10.7 Å². The molecule has 0 spiro atoms. The van der Waals surface area contributed by atoms with E-state index in [1.807, 2.05) is 0 Å². The lowest BCUT2D eigenvalue weighted by molar-refractivity contribution is -0.138. The minimum Gasteiger partial charge on any atom is -0.395 e. The number of aliphatic hydroxyl groups is 1. The molecule has 0 fully saturated rings. The smallest absolute Gasteiger partial charge is 0.395 e. The molecule has 0 aliphatic carbocycles. The first kappa shape index (κ1) is 23.2. The molecule has 2 heterocycles. The molecule has 11 heteroatoms. The lowest BCUT2D eigenvalue weighted by atomic mass is 9.91. The zero-order valence-corrected chi connectivity index (χ0v) is 18.0. The second kappa shape index (κ2) is 9.37. The van der Waals surface area contributed by atoms with E-state index in [4.69, 9.17) is 11.6 Å². The van der Waals surface area contributed by atoms with E-state index in [2.05, 4.69) is 5.10 Å². The quantitative estimate of drug-likeness (QED) is 0.532. The molecular weight excluding hydrogens is 455 g/mol. The number of alkyl halides is 3. The number of halogens is 4. The topological polar surface area (TPSA) is 77.1 Å². The highest BCUT2D eigenvalue weighted by Crippen LogP contribution is 2.36. The van der Waals surface area contributed by atoms with Crippen molar-refractivity contribution >= 4 is 28.7 Å². The summed E-state index contributed by atoms with van der Waals surface area (Å²) in [7, 11) is 0. The summed E-state index contributed by atoms with van der Waals surface area (Å²) >= 11 is 7.13. The number of carbonyl (C=O) groups is 1. The van der Waals surface area contributed by atoms with Gasteiger partial charge in [0.1, 0.15) is 6.54 Å². The van der Waals surface area contributed by atoms with Gasteiger partial charge in [-0.2, -0.15) is 13.2 Å². The molecule has 0 radical (unpaired) electrons. The highest BCUT2D eigenvalue weighted by Gasteiger charge is 2.34. The van der Waals surface area contributed by atoms with Gasteiger partial charge in [0.2, 0.25) is 0 Å². The van der Waals surface area contributed by atoms with Gasteiger partial charge >= 0.3 is 11.9 Å². The minimum absolute atomic E-state index is 0.0206. The van der Waals surface area contributed by atoms with Gasteiger partial charge in [0.15, 0.2) is 11.6 Å². The van der Waals surface area contributed by atoms with E-state index in [-0.39, 0.29) is 37.5 Å². The van der Waals surface area contributed by atoms with Crippen LogP contribution in [0, 0.1) is 0 Å². The van der Waals surface area contributed by atoms with E-state index in [0.29, 0.717) is 9.21 Å². The summed E-state index contributed by atoms with van der Waals surface area (Å²) in [5, 5.41) is 13.5. The van der Waals surface area contributed by atoms with Gasteiger partial charge < -0.3 is 5.11 Å². The predicted octanol–water partition coefficient (Wildman–Crippen LogP) is 4.20. The lowest BCUT2D eigenvalue weighted by Crippen LogP contribution is -2.29. The zero-order chi connectivity index (χ0) is 22.8. The van der Waals surface area contributed by atoms with Crippen molar-refractivity contribution in [3.63, 3.8) is 0 Å². The molecule has 166 valence electrons. The second-order valence-electron chi connectivity index (χ2n) is 6.97. The van der Waals surface area contributed by atoms with Crippen molar-refractivity contribution in [2.45, 2.75) is 38.5 Å². The number of thiophene rings is 1. The Morgan fingerprint density at radius 1 is 1.26 bits per heavy atom. The molecule has 31 heavy (non-hydrogen) atoms. The SMILES string of the molecule is C[C@H](CC(=O)Cn1nc(-c2ccc(Cl)s2)n(CCO)c1=O)c1ccccc1C(F)(F)F. The van der Waals surface area contributed by atoms with Gasteiger partial charge in [-0.3, -0.25) is 9.36 Å². The van der Waals surface area contributed by atoms with Crippen molar-refractivity contribution in [3.05, 3.63) is 62.3 Å². The van der Waals surface area contributed by atoms with Crippen LogP contribution in [0.15, 0.2) is 41.2 Å². The minimum atomic E-state index is -4.52. The summed E-state index contributed by atoms with van der Waals surface area (Å²) in [6, 6.07) is 8.43. The number of hydrogen-bond donors (Lipinski definition) is 1. The predicted molar refractivity (Wildman–Crippen MR) is 111 cm³/mol. The third-order valence-corrected chi connectivity index (χ3v) is 5.92. The molecular formula is C20H19ClF3N3O3S. The Labute approximate surface area is 184 Å². The van der Waals surface area contributed by atoms with Crippen molar-refractivity contribution in [2.75, 3.05) is 6.61 Å². The summed E-state index contributed by atoms with van der Waals surface area (Å²) in [5.41, 5.74) is -1.35. The van der Waals surface area contributed by atoms with E-state index >= 15 is 0 Å². The molecule has 0 aliphatic heterocycles. The molecule has 2 aromatic heterocycles. The molecule has 0 saturated heterocycles. The second-order valence-corrected chi connectivity index (χ2v) is 8.69. The van der Waals surface area contributed by atoms with Gasteiger partial charge in [0.25, 0.3) is 0 Å². The van der Waals surface area contributed by atoms with Crippen LogP contribution in [0.2, 0.25) is 4.34 Å². The number of Topliss-reactive ketones (excluding diaryl/α,β-unsaturated/α-hetero) is 1. The Morgan fingerprint density at radius 3 is 2.58 bits per heavy atom. The van der Waals surface area contributed by atoms with Crippen molar-refractivity contribution in [1.29, 1.82) is 0 Å². The van der Waals surface area contributed by atoms with Gasteiger partial charge in [0, 0.05) is 6.42 Å². The Balaban J connectivity index is 1.82. The van der Waals surface area contributed by atoms with Crippen LogP contribution < -0.4 is 5.69 Å². The third-order valence-electron chi connectivity index (χ3n) is 4.70. The van der Waals surface area contributed by atoms with Gasteiger partial charge in [-0.15, -0.1) is 16.4 Å². The maximum absolute atomic E-state index is 13.3. The van der Waals surface area contributed by atoms with Crippen molar-refractivity contribution < 1.29 is 23.1 Å². The van der Waals surface area contributed by atoms with E-state index in [1.165, 1.54) is 41.0 Å². The first-order valence-electron chi connectivity index (χ1n) is 9.33. The summed E-state index contributed by atoms with van der Waals surface area (Å²) < 4.78 is 42.5. The van der Waals surface area contributed by atoms with Gasteiger partial charge in [-0.1, -0.05) is 36.7 Å². The normalized spacial score (nSPS) is 12.8. The Hall–Kier alpha value is -2.43. The monoisotopic (exact) mass is 473 g/mol. The number of aromatic nitrogens is 3. The van der Waals surface area contributed by atoms with Crippen LogP contribution >= 0.6 is 22.9 Å². The fourth-order valence-electron chi connectivity index (χ4n) is 3.33. The lowest BCUT2D eigenvalue weighted by Gasteiger charge is -2.17. The van der Waals surface area contributed by atoms with Gasteiger partial charge in [-0.05, 0) is 29.7 Å². The third kappa shape index (κ3) is 5.25. The molecule has 0 amide bonds. The fourth-order valence-corrected chi connectivity index (χ4v) is 4.37. The van der Waals surface area contributed by atoms with Crippen LogP contribution in [-0.4, -0.2) is 31.8 Å². The first-order valence-corrected chi connectivity index (χ1v) is 10.5. The van der Waals surface area contributed by atoms with Crippen LogP contribution in [0.1, 0.15) is 30.4 Å². The van der Waals surface area contributed by atoms with Crippen LogP contribution in [0.25, 0.3) is 10.7 Å². The highest BCUT2D eigenvalue weighted by atomic mass is 35.5. The molecule has 3 aromatic rings. The standard InChI is InChI=1S/C20H19ClF3N3O3S/c1-12(14-4-2-3-5-15(14)20(22,23)24)10-13(29)11-27-19(30)26(8-9-28)18(25-27)16-6-7-17(21)31-16/h2-7,12,28H,8-11H2,1H3/t12-/m1/s1. The summed E-state index contributed by atoms with van der Waals surface area (Å²) in [5.74, 6) is -0.869. The van der Waals surface area contributed by atoms with Crippen molar-refractivity contribution in [2.24, 2.45) is 0 Å². The molecule has 0 aliphatic rings. The highest BCUT2D eigenvalue weighted by molar-refractivity contribution is 7.19. The summed E-state index contributed by atoms with van der Waals surface area (Å²) in [6.45, 7) is 0.820. The molecule has 1 atom stereocenters. The average Bonchev–Trinajstić information content (AvgIpc) is 3.26. The number of rotatable bonds is 8. The molecule has 6 nitrogen and oxygen atoms in total. The zero-order valence-electron chi connectivity index (χ0n) is 16.4. The number of nitrogens with zero attached hydrogens (tertiary/aromatic N) is 3. The van der Waals surface area contributed by atoms with Crippen molar-refractivity contribution in [3.8, 4) is 10.7 Å². The van der Waals surface area contributed by atoms with Gasteiger partial charge in [-0.25, -0.2) is 9.48 Å². The number of ketones is 1. The van der Waals surface area contributed by atoms with Crippen LogP contribution in [0.4, 0.5) is 13.2 Å². The maximum atomic E-state index is 13.3. The van der Waals surface area contributed by atoms with Crippen LogP contribution in [0.3, 0.4) is 0 Å². The number of benzene rings is 1. The first-order chi connectivity index (χ1) is 14.6. The number of hydrogen-bond acceptors (Lipinski definition) is 5. The Morgan fingerprint density at radius 2 is 1.97 bits per heavy atom. The molecule has 0 saturated carbocycles. The molecule has 1 N–H and O–H groups in total. The average molecular weight is 474 g/mol. The largest absolute Gasteiger partial charge is 0.416 e.